The van der Waals surface area contributed by atoms with E-state index in [0.717, 1.165) is 16.0 Å². The van der Waals surface area contributed by atoms with E-state index in [2.05, 4.69) is 0 Å². The molecule has 0 aromatic heterocycles. The number of ketones is 1. The van der Waals surface area contributed by atoms with Gasteiger partial charge in [0.25, 0.3) is 11.8 Å². The van der Waals surface area contributed by atoms with Crippen LogP contribution in [0.25, 0.3) is 0 Å². The molecule has 0 spiro atoms. The van der Waals surface area contributed by atoms with Crippen LogP contribution in [0.4, 0.5) is 5.69 Å². The average Bonchev–Trinajstić information content (AvgIpc) is 3.05. The number of carbonyl (C=O) groups is 4. The SMILES string of the molecule is Cc1ccc(C(=O)C(C)OC(=O)c2ccc3c(c2)C(=O)N(c2ccc(C)c(Cl)c2)C3=O)cc1. The monoisotopic (exact) mass is 461 g/mol. The predicted molar refractivity (Wildman–Crippen MR) is 124 cm³/mol. The fourth-order valence-electron chi connectivity index (χ4n) is 3.56. The molecule has 0 aliphatic carbocycles. The molecule has 0 saturated heterocycles. The Morgan fingerprint density at radius 1 is 0.848 bits per heavy atom. The van der Waals surface area contributed by atoms with Crippen LogP contribution in [0.2, 0.25) is 5.02 Å². The van der Waals surface area contributed by atoms with Gasteiger partial charge in [0.1, 0.15) is 0 Å². The quantitative estimate of drug-likeness (QED) is 0.297. The highest BCUT2D eigenvalue weighted by Gasteiger charge is 2.37. The summed E-state index contributed by atoms with van der Waals surface area (Å²) < 4.78 is 5.33. The number of Topliss-reactive ketones (excluding diaryl/α,β-unsaturated/α-hetero) is 1. The van der Waals surface area contributed by atoms with Gasteiger partial charge in [-0.1, -0.05) is 47.5 Å². The fourth-order valence-corrected chi connectivity index (χ4v) is 3.73. The number of nitrogens with zero attached hydrogens (tertiary/aromatic N) is 1. The lowest BCUT2D eigenvalue weighted by Crippen LogP contribution is -2.29. The van der Waals surface area contributed by atoms with Gasteiger partial charge in [0.15, 0.2) is 6.10 Å². The number of esters is 1. The molecule has 6 nitrogen and oxygen atoms in total. The topological polar surface area (TPSA) is 80.8 Å². The molecule has 1 aliphatic heterocycles. The maximum Gasteiger partial charge on any atom is 0.338 e. The smallest absolute Gasteiger partial charge is 0.338 e. The van der Waals surface area contributed by atoms with Crippen LogP contribution in [-0.4, -0.2) is 29.7 Å². The van der Waals surface area contributed by atoms with Crippen molar-refractivity contribution in [3.63, 3.8) is 0 Å². The first-order valence-electron chi connectivity index (χ1n) is 10.3. The third-order valence-electron chi connectivity index (χ3n) is 5.53. The van der Waals surface area contributed by atoms with Gasteiger partial charge in [-0.25, -0.2) is 9.69 Å². The Morgan fingerprint density at radius 3 is 2.15 bits per heavy atom. The summed E-state index contributed by atoms with van der Waals surface area (Å²) in [6.07, 6.45) is -1.02. The second-order valence-electron chi connectivity index (χ2n) is 7.92. The zero-order valence-electron chi connectivity index (χ0n) is 18.2. The van der Waals surface area contributed by atoms with Crippen molar-refractivity contribution in [2.75, 3.05) is 4.90 Å². The Balaban J connectivity index is 1.55. The van der Waals surface area contributed by atoms with E-state index in [1.54, 1.807) is 42.5 Å². The molecule has 0 saturated carbocycles. The third kappa shape index (κ3) is 4.17. The maximum absolute atomic E-state index is 13.0. The van der Waals surface area contributed by atoms with Crippen LogP contribution in [0, 0.1) is 13.8 Å². The van der Waals surface area contributed by atoms with Crippen LogP contribution < -0.4 is 4.90 Å². The van der Waals surface area contributed by atoms with E-state index < -0.39 is 23.9 Å². The molecule has 0 N–H and O–H groups in total. The zero-order chi connectivity index (χ0) is 23.9. The van der Waals surface area contributed by atoms with Crippen molar-refractivity contribution in [2.24, 2.45) is 0 Å². The van der Waals surface area contributed by atoms with Crippen LogP contribution in [0.3, 0.4) is 0 Å². The number of hydrogen-bond donors (Lipinski definition) is 0. The molecule has 7 heteroatoms. The lowest BCUT2D eigenvalue weighted by molar-refractivity contribution is 0.0318. The molecular formula is C26H20ClNO5. The Morgan fingerprint density at radius 2 is 1.48 bits per heavy atom. The van der Waals surface area contributed by atoms with Crippen molar-refractivity contribution in [1.82, 2.24) is 0 Å². The van der Waals surface area contributed by atoms with E-state index in [4.69, 9.17) is 16.3 Å². The Hall–Kier alpha value is -3.77. The Kier molecular flexibility index (Phi) is 5.87. The molecule has 1 heterocycles. The normalized spacial score (nSPS) is 13.6. The molecule has 0 fully saturated rings. The summed E-state index contributed by atoms with van der Waals surface area (Å²) in [6.45, 7) is 5.22. The first kappa shape index (κ1) is 22.4. The number of aryl methyl sites for hydroxylation is 2. The number of rotatable bonds is 5. The summed E-state index contributed by atoms with van der Waals surface area (Å²) in [4.78, 5) is 52.1. The lowest BCUT2D eigenvalue weighted by atomic mass is 10.0. The zero-order valence-corrected chi connectivity index (χ0v) is 19.0. The van der Waals surface area contributed by atoms with Crippen molar-refractivity contribution in [2.45, 2.75) is 26.9 Å². The predicted octanol–water partition coefficient (Wildman–Crippen LogP) is 5.19. The van der Waals surface area contributed by atoms with Crippen molar-refractivity contribution in [3.8, 4) is 0 Å². The Bertz CT molecular complexity index is 1310. The first-order valence-corrected chi connectivity index (χ1v) is 10.7. The minimum Gasteiger partial charge on any atom is -0.451 e. The molecular weight excluding hydrogens is 442 g/mol. The van der Waals surface area contributed by atoms with E-state index in [1.165, 1.54) is 25.1 Å². The Labute approximate surface area is 195 Å². The molecule has 0 radical (unpaired) electrons. The van der Waals surface area contributed by atoms with E-state index in [9.17, 15) is 19.2 Å². The summed E-state index contributed by atoms with van der Waals surface area (Å²) in [5.41, 5.74) is 2.94. The second-order valence-corrected chi connectivity index (χ2v) is 8.32. The van der Waals surface area contributed by atoms with Crippen molar-refractivity contribution >= 4 is 40.9 Å². The highest BCUT2D eigenvalue weighted by molar-refractivity contribution is 6.36. The average molecular weight is 462 g/mol. The number of amides is 2. The number of halogens is 1. The number of imide groups is 1. The summed E-state index contributed by atoms with van der Waals surface area (Å²) in [7, 11) is 0. The highest BCUT2D eigenvalue weighted by atomic mass is 35.5. The number of anilines is 1. The van der Waals surface area contributed by atoms with Gasteiger partial charge in [0, 0.05) is 10.6 Å². The van der Waals surface area contributed by atoms with Gasteiger partial charge in [-0.2, -0.15) is 0 Å². The lowest BCUT2D eigenvalue weighted by Gasteiger charge is -2.14. The largest absolute Gasteiger partial charge is 0.451 e. The van der Waals surface area contributed by atoms with Crippen molar-refractivity contribution < 1.29 is 23.9 Å². The van der Waals surface area contributed by atoms with Gasteiger partial charge < -0.3 is 4.74 Å². The second kappa shape index (κ2) is 8.64. The molecule has 33 heavy (non-hydrogen) atoms. The minimum atomic E-state index is -1.02. The molecule has 3 aromatic rings. The number of hydrogen-bond acceptors (Lipinski definition) is 5. The van der Waals surface area contributed by atoms with E-state index in [-0.39, 0.29) is 22.5 Å². The molecule has 3 aromatic carbocycles. The molecule has 2 amide bonds. The maximum atomic E-state index is 13.0. The van der Waals surface area contributed by atoms with E-state index in [1.807, 2.05) is 13.8 Å². The first-order chi connectivity index (χ1) is 15.7. The van der Waals surface area contributed by atoms with Crippen LogP contribution in [0.5, 0.6) is 0 Å². The number of carbonyl (C=O) groups excluding carboxylic acids is 4. The van der Waals surface area contributed by atoms with Gasteiger partial charge in [-0.3, -0.25) is 14.4 Å². The summed E-state index contributed by atoms with van der Waals surface area (Å²) in [5.74, 6) is -2.16. The molecule has 1 aliphatic rings. The van der Waals surface area contributed by atoms with Gasteiger partial charge >= 0.3 is 5.97 Å². The number of ether oxygens (including phenoxy) is 1. The van der Waals surface area contributed by atoms with Gasteiger partial charge in [0.2, 0.25) is 5.78 Å². The van der Waals surface area contributed by atoms with Crippen molar-refractivity contribution in [3.05, 3.63) is 99.1 Å². The van der Waals surface area contributed by atoms with Crippen LogP contribution in [-0.2, 0) is 4.74 Å². The number of benzene rings is 3. The van der Waals surface area contributed by atoms with Crippen LogP contribution in [0.1, 0.15) is 59.5 Å². The molecule has 4 rings (SSSR count). The minimum absolute atomic E-state index is 0.0715. The summed E-state index contributed by atoms with van der Waals surface area (Å²) in [5, 5.41) is 0.431. The van der Waals surface area contributed by atoms with Gasteiger partial charge in [-0.05, 0) is 56.7 Å². The van der Waals surface area contributed by atoms with Gasteiger partial charge in [0.05, 0.1) is 22.4 Å². The number of fused-ring (bicyclic) bond motifs is 1. The van der Waals surface area contributed by atoms with Crippen LogP contribution >= 0.6 is 11.6 Å². The standard InChI is InChI=1S/C26H20ClNO5/c1-14-4-7-17(8-5-14)23(29)16(3)33-26(32)18-9-11-20-21(12-18)25(31)28(24(20)30)19-10-6-15(2)22(27)13-19/h4-13,16H,1-3H3. The fraction of sp³-hybridized carbons (Fsp3) is 0.154. The van der Waals surface area contributed by atoms with E-state index >= 15 is 0 Å². The van der Waals surface area contributed by atoms with Crippen LogP contribution in [0.15, 0.2) is 60.7 Å². The van der Waals surface area contributed by atoms with Gasteiger partial charge in [-0.15, -0.1) is 0 Å². The third-order valence-corrected chi connectivity index (χ3v) is 5.93. The molecule has 1 unspecified atom stereocenters. The molecule has 166 valence electrons. The van der Waals surface area contributed by atoms with Crippen molar-refractivity contribution in [1.29, 1.82) is 0 Å². The summed E-state index contributed by atoms with van der Waals surface area (Å²) >= 11 is 6.15. The summed E-state index contributed by atoms with van der Waals surface area (Å²) in [6, 6.07) is 16.0. The highest BCUT2D eigenvalue weighted by Crippen LogP contribution is 2.31. The van der Waals surface area contributed by atoms with E-state index in [0.29, 0.717) is 16.3 Å². The molecule has 1 atom stereocenters. The molecule has 0 bridgehead atoms.